The topological polar surface area (TPSA) is 26.3 Å². The summed E-state index contributed by atoms with van der Waals surface area (Å²) in [5.74, 6) is 0. The van der Waals surface area contributed by atoms with Gasteiger partial charge in [0.1, 0.15) is 6.29 Å². The first-order valence-corrected chi connectivity index (χ1v) is 4.74. The number of carbonyl (C=O) groups excluding carboxylic acids is 1. The van der Waals surface area contributed by atoms with Gasteiger partial charge in [0.2, 0.25) is 0 Å². The zero-order valence-corrected chi connectivity index (χ0v) is 8.01. The van der Waals surface area contributed by atoms with Gasteiger partial charge >= 0.3 is 0 Å². The molecule has 1 saturated carbocycles. The quantitative estimate of drug-likeness (QED) is 0.607. The van der Waals surface area contributed by atoms with Crippen LogP contribution >= 0.6 is 0 Å². The van der Waals surface area contributed by atoms with E-state index in [9.17, 15) is 4.79 Å². The summed E-state index contributed by atoms with van der Waals surface area (Å²) < 4.78 is 5.25. The molecule has 1 atom stereocenters. The fourth-order valence-electron chi connectivity index (χ4n) is 2.06. The molecule has 1 unspecified atom stereocenters. The molecule has 0 radical (unpaired) electrons. The van der Waals surface area contributed by atoms with Gasteiger partial charge in [-0.05, 0) is 19.8 Å². The Balaban J connectivity index is 2.65. The monoisotopic (exact) mass is 170 g/mol. The van der Waals surface area contributed by atoms with E-state index in [2.05, 4.69) is 0 Å². The lowest BCUT2D eigenvalue weighted by Crippen LogP contribution is -2.37. The van der Waals surface area contributed by atoms with Crippen molar-refractivity contribution in [1.82, 2.24) is 0 Å². The average molecular weight is 170 g/mol. The van der Waals surface area contributed by atoms with Gasteiger partial charge in [0.15, 0.2) is 0 Å². The fourth-order valence-corrected chi connectivity index (χ4v) is 2.06. The Labute approximate surface area is 74.3 Å². The number of aldehydes is 1. The summed E-state index contributed by atoms with van der Waals surface area (Å²) >= 11 is 0. The zero-order chi connectivity index (χ0) is 9.03. The van der Waals surface area contributed by atoms with E-state index in [1.807, 2.05) is 6.92 Å². The second-order valence-electron chi connectivity index (χ2n) is 3.79. The molecule has 1 aliphatic rings. The molecule has 0 spiro atoms. The van der Waals surface area contributed by atoms with E-state index in [0.29, 0.717) is 0 Å². The number of hydrogen-bond donors (Lipinski definition) is 0. The molecule has 0 aromatic heterocycles. The number of carbonyl (C=O) groups is 1. The predicted molar refractivity (Wildman–Crippen MR) is 48.1 cm³/mol. The van der Waals surface area contributed by atoms with Crippen LogP contribution in [0.3, 0.4) is 0 Å². The van der Waals surface area contributed by atoms with Crippen LogP contribution in [0.25, 0.3) is 0 Å². The highest BCUT2D eigenvalue weighted by Crippen LogP contribution is 2.38. The standard InChI is InChI=1S/C10H18O2/c1-9(12-2)10(8-11)6-4-3-5-7-10/h8-9H,3-7H2,1-2H3. The highest BCUT2D eigenvalue weighted by atomic mass is 16.5. The van der Waals surface area contributed by atoms with Crippen molar-refractivity contribution in [3.8, 4) is 0 Å². The normalized spacial score (nSPS) is 24.8. The first-order valence-electron chi connectivity index (χ1n) is 4.74. The minimum absolute atomic E-state index is 0.0790. The van der Waals surface area contributed by atoms with Crippen LogP contribution < -0.4 is 0 Å². The van der Waals surface area contributed by atoms with E-state index in [0.717, 1.165) is 19.1 Å². The van der Waals surface area contributed by atoms with Gasteiger partial charge in [0.25, 0.3) is 0 Å². The van der Waals surface area contributed by atoms with Crippen molar-refractivity contribution in [2.75, 3.05) is 7.11 Å². The van der Waals surface area contributed by atoms with Crippen LogP contribution in [-0.4, -0.2) is 19.5 Å². The van der Waals surface area contributed by atoms with Crippen molar-refractivity contribution >= 4 is 6.29 Å². The van der Waals surface area contributed by atoms with Crippen molar-refractivity contribution in [3.63, 3.8) is 0 Å². The van der Waals surface area contributed by atoms with Gasteiger partial charge in [0.05, 0.1) is 11.5 Å². The average Bonchev–Trinajstić information content (AvgIpc) is 2.17. The lowest BCUT2D eigenvalue weighted by atomic mass is 9.72. The molecular formula is C10H18O2. The Morgan fingerprint density at radius 2 is 1.92 bits per heavy atom. The van der Waals surface area contributed by atoms with Crippen LogP contribution in [0.5, 0.6) is 0 Å². The van der Waals surface area contributed by atoms with E-state index in [1.165, 1.54) is 19.3 Å². The summed E-state index contributed by atoms with van der Waals surface area (Å²) in [4.78, 5) is 11.0. The number of rotatable bonds is 3. The van der Waals surface area contributed by atoms with Crippen LogP contribution in [-0.2, 0) is 9.53 Å². The van der Waals surface area contributed by atoms with Crippen LogP contribution in [0.2, 0.25) is 0 Å². The van der Waals surface area contributed by atoms with Gasteiger partial charge in [-0.3, -0.25) is 0 Å². The first-order chi connectivity index (χ1) is 5.75. The van der Waals surface area contributed by atoms with Crippen LogP contribution in [0.4, 0.5) is 0 Å². The van der Waals surface area contributed by atoms with Crippen molar-refractivity contribution in [2.45, 2.75) is 45.1 Å². The van der Waals surface area contributed by atoms with E-state index in [4.69, 9.17) is 4.74 Å². The number of methoxy groups -OCH3 is 1. The molecule has 0 heterocycles. The van der Waals surface area contributed by atoms with E-state index < -0.39 is 0 Å². The SMILES string of the molecule is COC(C)C1(C=O)CCCCC1. The van der Waals surface area contributed by atoms with Crippen LogP contribution in [0.1, 0.15) is 39.0 Å². The molecule has 1 fully saturated rings. The molecule has 70 valence electrons. The lowest BCUT2D eigenvalue weighted by molar-refractivity contribution is -0.126. The minimum Gasteiger partial charge on any atom is -0.381 e. The zero-order valence-electron chi connectivity index (χ0n) is 8.01. The third-order valence-corrected chi connectivity index (χ3v) is 3.18. The molecule has 1 rings (SSSR count). The molecule has 2 nitrogen and oxygen atoms in total. The highest BCUT2D eigenvalue weighted by Gasteiger charge is 2.37. The maximum atomic E-state index is 11.0. The Morgan fingerprint density at radius 3 is 2.33 bits per heavy atom. The van der Waals surface area contributed by atoms with Gasteiger partial charge in [-0.15, -0.1) is 0 Å². The van der Waals surface area contributed by atoms with Crippen molar-refractivity contribution < 1.29 is 9.53 Å². The van der Waals surface area contributed by atoms with Crippen molar-refractivity contribution in [1.29, 1.82) is 0 Å². The molecule has 0 aromatic carbocycles. The number of hydrogen-bond acceptors (Lipinski definition) is 2. The molecule has 0 amide bonds. The molecule has 0 aliphatic heterocycles. The van der Waals surface area contributed by atoms with Crippen molar-refractivity contribution in [3.05, 3.63) is 0 Å². The second-order valence-corrected chi connectivity index (χ2v) is 3.79. The molecule has 0 N–H and O–H groups in total. The lowest BCUT2D eigenvalue weighted by Gasteiger charge is -2.36. The summed E-state index contributed by atoms with van der Waals surface area (Å²) in [5, 5.41) is 0. The van der Waals surface area contributed by atoms with E-state index >= 15 is 0 Å². The third-order valence-electron chi connectivity index (χ3n) is 3.18. The fraction of sp³-hybridized carbons (Fsp3) is 0.900. The van der Waals surface area contributed by atoms with Crippen LogP contribution in [0, 0.1) is 5.41 Å². The Hall–Kier alpha value is -0.370. The minimum atomic E-state index is -0.174. The van der Waals surface area contributed by atoms with E-state index in [1.54, 1.807) is 7.11 Å². The van der Waals surface area contributed by atoms with E-state index in [-0.39, 0.29) is 11.5 Å². The molecule has 1 aliphatic carbocycles. The summed E-state index contributed by atoms with van der Waals surface area (Å²) in [6, 6.07) is 0. The number of ether oxygens (including phenoxy) is 1. The molecular weight excluding hydrogens is 152 g/mol. The van der Waals surface area contributed by atoms with Gasteiger partial charge in [-0.1, -0.05) is 19.3 Å². The molecule has 2 heteroatoms. The molecule has 12 heavy (non-hydrogen) atoms. The summed E-state index contributed by atoms with van der Waals surface area (Å²) in [6.07, 6.45) is 6.82. The molecule has 0 aromatic rings. The Kier molecular flexibility index (Phi) is 3.27. The van der Waals surface area contributed by atoms with Gasteiger partial charge in [-0.2, -0.15) is 0 Å². The highest BCUT2D eigenvalue weighted by molar-refractivity contribution is 5.60. The maximum Gasteiger partial charge on any atom is 0.128 e. The van der Waals surface area contributed by atoms with Gasteiger partial charge in [-0.25, -0.2) is 0 Å². The van der Waals surface area contributed by atoms with Crippen molar-refractivity contribution in [2.24, 2.45) is 5.41 Å². The smallest absolute Gasteiger partial charge is 0.128 e. The maximum absolute atomic E-state index is 11.0. The van der Waals surface area contributed by atoms with Crippen LogP contribution in [0.15, 0.2) is 0 Å². The first kappa shape index (κ1) is 9.72. The second kappa shape index (κ2) is 4.04. The molecule has 0 saturated heterocycles. The third kappa shape index (κ3) is 1.69. The summed E-state index contributed by atoms with van der Waals surface area (Å²) in [6.45, 7) is 2.00. The Bertz CT molecular complexity index is 148. The summed E-state index contributed by atoms with van der Waals surface area (Å²) in [5.41, 5.74) is -0.174. The Morgan fingerprint density at radius 1 is 1.33 bits per heavy atom. The molecule has 0 bridgehead atoms. The largest absolute Gasteiger partial charge is 0.381 e. The summed E-state index contributed by atoms with van der Waals surface area (Å²) in [7, 11) is 1.69. The van der Waals surface area contributed by atoms with Gasteiger partial charge < -0.3 is 9.53 Å². The van der Waals surface area contributed by atoms with Gasteiger partial charge in [0, 0.05) is 7.11 Å². The predicted octanol–water partition coefficient (Wildman–Crippen LogP) is 2.17.